The molecule has 25 heavy (non-hydrogen) atoms. The lowest BCUT2D eigenvalue weighted by atomic mass is 10.2. The second kappa shape index (κ2) is 18.1. The van der Waals surface area contributed by atoms with E-state index in [2.05, 4.69) is 43.4 Å². The SMILES string of the molecule is CC/C=C\C/C=C\C/C=C\C/C=C(\O)C/C=C\C/C=C\CCC(=O)O. The van der Waals surface area contributed by atoms with E-state index in [4.69, 9.17) is 5.11 Å². The summed E-state index contributed by atoms with van der Waals surface area (Å²) in [6.45, 7) is 2.13. The summed E-state index contributed by atoms with van der Waals surface area (Å²) >= 11 is 0. The van der Waals surface area contributed by atoms with Gasteiger partial charge in [0.2, 0.25) is 0 Å². The van der Waals surface area contributed by atoms with E-state index in [0.717, 1.165) is 32.1 Å². The molecule has 0 radical (unpaired) electrons. The van der Waals surface area contributed by atoms with Crippen LogP contribution in [0.2, 0.25) is 0 Å². The summed E-state index contributed by atoms with van der Waals surface area (Å²) in [6.07, 6.45) is 28.0. The summed E-state index contributed by atoms with van der Waals surface area (Å²) in [7, 11) is 0. The molecule has 0 saturated heterocycles. The molecular weight excluding hydrogens is 312 g/mol. The highest BCUT2D eigenvalue weighted by atomic mass is 16.4. The highest BCUT2D eigenvalue weighted by molar-refractivity contribution is 5.66. The van der Waals surface area contributed by atoms with Gasteiger partial charge in [0.15, 0.2) is 0 Å². The van der Waals surface area contributed by atoms with Gasteiger partial charge in [-0.25, -0.2) is 0 Å². The largest absolute Gasteiger partial charge is 0.512 e. The van der Waals surface area contributed by atoms with Crippen molar-refractivity contribution in [3.8, 4) is 0 Å². The summed E-state index contributed by atoms with van der Waals surface area (Å²) in [5.41, 5.74) is 0. The Bertz CT molecular complexity index is 505. The summed E-state index contributed by atoms with van der Waals surface area (Å²) in [5, 5.41) is 18.2. The van der Waals surface area contributed by atoms with Crippen LogP contribution in [0.25, 0.3) is 0 Å². The van der Waals surface area contributed by atoms with E-state index in [1.54, 1.807) is 0 Å². The lowest BCUT2D eigenvalue weighted by molar-refractivity contribution is -0.136. The van der Waals surface area contributed by atoms with Gasteiger partial charge >= 0.3 is 5.97 Å². The fourth-order valence-corrected chi connectivity index (χ4v) is 1.89. The molecule has 0 rings (SSSR count). The number of carboxylic acids is 1. The Balaban J connectivity index is 3.73. The molecule has 0 aliphatic rings. The average Bonchev–Trinajstić information content (AvgIpc) is 2.58. The minimum atomic E-state index is -0.774. The second-order valence-electron chi connectivity index (χ2n) is 5.54. The normalized spacial score (nSPS) is 13.4. The molecule has 0 aliphatic carbocycles. The van der Waals surface area contributed by atoms with Crippen molar-refractivity contribution in [2.24, 2.45) is 0 Å². The zero-order valence-corrected chi connectivity index (χ0v) is 15.3. The Kier molecular flexibility index (Phi) is 16.4. The number of allylic oxidation sites excluding steroid dienone is 11. The molecule has 0 spiro atoms. The van der Waals surface area contributed by atoms with Gasteiger partial charge in [-0.15, -0.1) is 0 Å². The Morgan fingerprint density at radius 3 is 1.84 bits per heavy atom. The van der Waals surface area contributed by atoms with Crippen LogP contribution in [0.4, 0.5) is 0 Å². The maximum Gasteiger partial charge on any atom is 0.303 e. The maximum absolute atomic E-state index is 10.3. The minimum absolute atomic E-state index is 0.170. The van der Waals surface area contributed by atoms with Gasteiger partial charge in [0.05, 0.1) is 5.76 Å². The molecule has 2 N–H and O–H groups in total. The minimum Gasteiger partial charge on any atom is -0.512 e. The van der Waals surface area contributed by atoms with Gasteiger partial charge in [-0.3, -0.25) is 4.79 Å². The Labute approximate surface area is 152 Å². The maximum atomic E-state index is 10.3. The van der Waals surface area contributed by atoms with Gasteiger partial charge in [0.25, 0.3) is 0 Å². The molecule has 0 unspecified atom stereocenters. The number of carbonyl (C=O) groups is 1. The predicted octanol–water partition coefficient (Wildman–Crippen LogP) is 6.43. The molecule has 0 atom stereocenters. The standard InChI is InChI=1S/C22H32O3/c1-2-3-4-5-6-7-8-9-12-15-18-21(23)19-16-13-10-11-14-17-20-22(24)25/h3-4,6-7,9,11-14,16,18,23H,2,5,8,10,15,17,19-20H2,1H3,(H,24,25)/b4-3-,7-6-,12-9-,14-11-,16-13-,21-18-. The van der Waals surface area contributed by atoms with E-state index in [9.17, 15) is 9.90 Å². The Morgan fingerprint density at radius 1 is 0.720 bits per heavy atom. The molecule has 0 amide bonds. The van der Waals surface area contributed by atoms with Crippen molar-refractivity contribution in [3.63, 3.8) is 0 Å². The van der Waals surface area contributed by atoms with Crippen molar-refractivity contribution in [1.29, 1.82) is 0 Å². The number of aliphatic carboxylic acids is 1. The van der Waals surface area contributed by atoms with Crippen molar-refractivity contribution in [2.75, 3.05) is 0 Å². The second-order valence-corrected chi connectivity index (χ2v) is 5.54. The molecule has 3 nitrogen and oxygen atoms in total. The van der Waals surface area contributed by atoms with E-state index >= 15 is 0 Å². The summed E-state index contributed by atoms with van der Waals surface area (Å²) in [4.78, 5) is 10.3. The van der Waals surface area contributed by atoms with Crippen molar-refractivity contribution in [1.82, 2.24) is 0 Å². The lowest BCUT2D eigenvalue weighted by Gasteiger charge is -1.93. The number of hydrogen-bond acceptors (Lipinski definition) is 2. The molecular formula is C22H32O3. The zero-order valence-electron chi connectivity index (χ0n) is 15.3. The highest BCUT2D eigenvalue weighted by Gasteiger charge is 1.91. The monoisotopic (exact) mass is 344 g/mol. The third-order valence-electron chi connectivity index (χ3n) is 3.23. The highest BCUT2D eigenvalue weighted by Crippen LogP contribution is 2.02. The molecule has 0 aromatic carbocycles. The molecule has 0 bridgehead atoms. The van der Waals surface area contributed by atoms with E-state index in [1.165, 1.54) is 0 Å². The molecule has 0 aliphatic heterocycles. The average molecular weight is 344 g/mol. The Hall–Kier alpha value is -2.29. The van der Waals surface area contributed by atoms with Gasteiger partial charge in [0.1, 0.15) is 0 Å². The molecule has 0 heterocycles. The van der Waals surface area contributed by atoms with Crippen LogP contribution in [0.15, 0.2) is 72.6 Å². The summed E-state index contributed by atoms with van der Waals surface area (Å²) in [6, 6.07) is 0. The first-order chi connectivity index (χ1) is 12.2. The van der Waals surface area contributed by atoms with Crippen LogP contribution in [0.5, 0.6) is 0 Å². The van der Waals surface area contributed by atoms with Gasteiger partial charge in [-0.2, -0.15) is 0 Å². The topological polar surface area (TPSA) is 57.5 Å². The third kappa shape index (κ3) is 19.7. The van der Waals surface area contributed by atoms with E-state index in [0.29, 0.717) is 18.6 Å². The van der Waals surface area contributed by atoms with Crippen LogP contribution in [0, 0.1) is 0 Å². The zero-order chi connectivity index (χ0) is 18.6. The molecule has 0 aromatic heterocycles. The molecule has 3 heteroatoms. The van der Waals surface area contributed by atoms with Gasteiger partial charge in [0, 0.05) is 12.8 Å². The van der Waals surface area contributed by atoms with Crippen LogP contribution in [-0.2, 0) is 4.79 Å². The smallest absolute Gasteiger partial charge is 0.303 e. The van der Waals surface area contributed by atoms with Crippen molar-refractivity contribution in [3.05, 3.63) is 72.6 Å². The van der Waals surface area contributed by atoms with Crippen molar-refractivity contribution >= 4 is 5.97 Å². The number of carboxylic acid groups (broad SMARTS) is 1. The fourth-order valence-electron chi connectivity index (χ4n) is 1.89. The molecule has 0 fully saturated rings. The quantitative estimate of drug-likeness (QED) is 0.282. The van der Waals surface area contributed by atoms with Crippen LogP contribution >= 0.6 is 0 Å². The molecule has 138 valence electrons. The van der Waals surface area contributed by atoms with Crippen molar-refractivity contribution in [2.45, 2.75) is 58.3 Å². The first-order valence-electron chi connectivity index (χ1n) is 9.01. The Morgan fingerprint density at radius 2 is 1.24 bits per heavy atom. The van der Waals surface area contributed by atoms with Crippen LogP contribution in [0.3, 0.4) is 0 Å². The van der Waals surface area contributed by atoms with E-state index < -0.39 is 5.97 Å². The van der Waals surface area contributed by atoms with E-state index in [-0.39, 0.29) is 6.42 Å². The number of rotatable bonds is 14. The molecule has 0 saturated carbocycles. The van der Waals surface area contributed by atoms with Crippen LogP contribution in [-0.4, -0.2) is 16.2 Å². The van der Waals surface area contributed by atoms with Crippen LogP contribution in [0.1, 0.15) is 58.3 Å². The van der Waals surface area contributed by atoms with Crippen molar-refractivity contribution < 1.29 is 15.0 Å². The third-order valence-corrected chi connectivity index (χ3v) is 3.23. The first kappa shape index (κ1) is 22.7. The van der Waals surface area contributed by atoms with Gasteiger partial charge in [-0.1, -0.05) is 67.7 Å². The first-order valence-corrected chi connectivity index (χ1v) is 9.01. The summed E-state index contributed by atoms with van der Waals surface area (Å²) in [5.74, 6) is -0.402. The number of aliphatic hydroxyl groups is 1. The fraction of sp³-hybridized carbons (Fsp3) is 0.409. The number of aliphatic hydroxyl groups excluding tert-OH is 1. The lowest BCUT2D eigenvalue weighted by Crippen LogP contribution is -1.91. The molecule has 0 aromatic rings. The van der Waals surface area contributed by atoms with Gasteiger partial charge < -0.3 is 10.2 Å². The van der Waals surface area contributed by atoms with Crippen LogP contribution < -0.4 is 0 Å². The predicted molar refractivity (Wildman–Crippen MR) is 107 cm³/mol. The number of hydrogen-bond donors (Lipinski definition) is 2. The van der Waals surface area contributed by atoms with Gasteiger partial charge in [-0.05, 0) is 44.6 Å². The summed E-state index contributed by atoms with van der Waals surface area (Å²) < 4.78 is 0. The van der Waals surface area contributed by atoms with E-state index in [1.807, 2.05) is 30.4 Å².